The quantitative estimate of drug-likeness (QED) is 0.382. The van der Waals surface area contributed by atoms with Gasteiger partial charge in [0.15, 0.2) is 0 Å². The number of carbonyl (C=O) groups is 1. The van der Waals surface area contributed by atoms with Crippen LogP contribution in [0.25, 0.3) is 0 Å². The van der Waals surface area contributed by atoms with E-state index < -0.39 is 21.4 Å². The van der Waals surface area contributed by atoms with Crippen LogP contribution in [0.4, 0.5) is 24.8 Å². The molecule has 0 radical (unpaired) electrons. The maximum atomic E-state index is 13.9. The normalized spacial score (nSPS) is 21.6. The highest BCUT2D eigenvalue weighted by Gasteiger charge is 2.37. The topological polar surface area (TPSA) is 114 Å². The van der Waals surface area contributed by atoms with Gasteiger partial charge in [0, 0.05) is 53.0 Å². The SMILES string of the molecule is C=S(C)(=O)N[C@@H]1CCC[C@H]1Cc1nc(Nc2cc(C)c(C(=O)NC3CCOCC3)cc2OC)ncc1C(F)(F)F. The Morgan fingerprint density at radius 1 is 1.23 bits per heavy atom. The number of aryl methyl sites for hydroxylation is 1. The van der Waals surface area contributed by atoms with Gasteiger partial charge in [-0.1, -0.05) is 6.42 Å². The summed E-state index contributed by atoms with van der Waals surface area (Å²) in [5.41, 5.74) is 0.450. The van der Waals surface area contributed by atoms with Gasteiger partial charge in [0.25, 0.3) is 5.91 Å². The predicted molar refractivity (Wildman–Crippen MR) is 149 cm³/mol. The Balaban J connectivity index is 1.58. The number of nitrogens with zero attached hydrogens (tertiary/aromatic N) is 2. The van der Waals surface area contributed by atoms with Crippen molar-refractivity contribution in [3.8, 4) is 5.75 Å². The van der Waals surface area contributed by atoms with Crippen LogP contribution in [0, 0.1) is 12.8 Å². The van der Waals surface area contributed by atoms with Gasteiger partial charge in [-0.15, -0.1) is 0 Å². The Bertz CT molecular complexity index is 1330. The van der Waals surface area contributed by atoms with Gasteiger partial charge in [0.05, 0.1) is 24.1 Å². The minimum Gasteiger partial charge on any atom is -0.495 e. The monoisotopic (exact) mass is 583 g/mol. The molecule has 1 saturated heterocycles. The van der Waals surface area contributed by atoms with Crippen LogP contribution in [-0.4, -0.2) is 64.6 Å². The molecule has 3 N–H and O–H groups in total. The van der Waals surface area contributed by atoms with Crippen LogP contribution >= 0.6 is 0 Å². The van der Waals surface area contributed by atoms with Crippen LogP contribution in [0.5, 0.6) is 5.75 Å². The van der Waals surface area contributed by atoms with Gasteiger partial charge in [0.1, 0.15) is 5.75 Å². The van der Waals surface area contributed by atoms with Gasteiger partial charge in [-0.25, -0.2) is 14.7 Å². The zero-order valence-corrected chi connectivity index (χ0v) is 23.7. The van der Waals surface area contributed by atoms with Gasteiger partial charge < -0.3 is 20.1 Å². The van der Waals surface area contributed by atoms with E-state index in [-0.39, 0.29) is 42.0 Å². The van der Waals surface area contributed by atoms with Gasteiger partial charge in [0.2, 0.25) is 5.95 Å². The molecule has 2 fully saturated rings. The average molecular weight is 584 g/mol. The van der Waals surface area contributed by atoms with Crippen molar-refractivity contribution < 1.29 is 31.6 Å². The summed E-state index contributed by atoms with van der Waals surface area (Å²) in [7, 11) is -1.07. The fourth-order valence-electron chi connectivity index (χ4n) is 5.30. The van der Waals surface area contributed by atoms with Crippen molar-refractivity contribution in [3.05, 3.63) is 40.7 Å². The van der Waals surface area contributed by atoms with E-state index in [9.17, 15) is 22.2 Å². The predicted octanol–water partition coefficient (Wildman–Crippen LogP) is 4.03. The van der Waals surface area contributed by atoms with Gasteiger partial charge in [-0.3, -0.25) is 9.00 Å². The molecule has 1 unspecified atom stereocenters. The number of amides is 1. The lowest BCUT2D eigenvalue weighted by Gasteiger charge is -2.24. The average Bonchev–Trinajstić information content (AvgIpc) is 3.28. The maximum absolute atomic E-state index is 13.9. The van der Waals surface area contributed by atoms with Crippen LogP contribution in [0.3, 0.4) is 0 Å². The summed E-state index contributed by atoms with van der Waals surface area (Å²) in [6, 6.07) is 3.08. The highest BCUT2D eigenvalue weighted by Crippen LogP contribution is 2.36. The second kappa shape index (κ2) is 12.3. The number of halogens is 3. The molecule has 40 heavy (non-hydrogen) atoms. The van der Waals surface area contributed by atoms with Crippen molar-refractivity contribution in [1.82, 2.24) is 20.0 Å². The molecule has 2 heterocycles. The first-order valence-electron chi connectivity index (χ1n) is 13.2. The smallest absolute Gasteiger partial charge is 0.419 e. The molecular weight excluding hydrogens is 547 g/mol. The third-order valence-corrected chi connectivity index (χ3v) is 8.08. The molecule has 2 aliphatic rings. The number of hydrogen-bond donors (Lipinski definition) is 3. The van der Waals surface area contributed by atoms with Crippen molar-refractivity contribution >= 4 is 33.1 Å². The summed E-state index contributed by atoms with van der Waals surface area (Å²) in [5, 5.41) is 5.99. The first-order valence-corrected chi connectivity index (χ1v) is 15.3. The molecule has 1 saturated carbocycles. The van der Waals surface area contributed by atoms with Crippen molar-refractivity contribution in [3.63, 3.8) is 0 Å². The van der Waals surface area contributed by atoms with Crippen LogP contribution in [0.15, 0.2) is 18.3 Å². The number of rotatable bonds is 9. The van der Waals surface area contributed by atoms with Crippen molar-refractivity contribution in [2.75, 3.05) is 31.9 Å². The van der Waals surface area contributed by atoms with Crippen LogP contribution in [0.2, 0.25) is 0 Å². The van der Waals surface area contributed by atoms with Crippen molar-refractivity contribution in [2.24, 2.45) is 5.92 Å². The van der Waals surface area contributed by atoms with Gasteiger partial charge >= 0.3 is 6.18 Å². The molecule has 4 rings (SSSR count). The first-order chi connectivity index (χ1) is 18.8. The first kappa shape index (κ1) is 30.1. The van der Waals surface area contributed by atoms with Crippen LogP contribution < -0.4 is 20.1 Å². The minimum atomic E-state index is -4.63. The Kier molecular flexibility index (Phi) is 9.26. The largest absolute Gasteiger partial charge is 0.495 e. The van der Waals surface area contributed by atoms with Crippen molar-refractivity contribution in [1.29, 1.82) is 0 Å². The number of methoxy groups -OCH3 is 1. The molecule has 3 atom stereocenters. The maximum Gasteiger partial charge on any atom is 0.419 e. The summed E-state index contributed by atoms with van der Waals surface area (Å²) >= 11 is 0. The number of ether oxygens (including phenoxy) is 2. The van der Waals surface area contributed by atoms with E-state index in [1.54, 1.807) is 19.1 Å². The molecule has 1 aromatic carbocycles. The lowest BCUT2D eigenvalue weighted by atomic mass is 9.96. The van der Waals surface area contributed by atoms with E-state index >= 15 is 0 Å². The number of carbonyl (C=O) groups excluding carboxylic acids is 1. The van der Waals surface area contributed by atoms with E-state index in [0.29, 0.717) is 48.6 Å². The zero-order chi connectivity index (χ0) is 29.1. The molecule has 1 amide bonds. The summed E-state index contributed by atoms with van der Waals surface area (Å²) in [4.78, 5) is 21.1. The number of anilines is 2. The molecule has 1 aromatic heterocycles. The molecule has 9 nitrogen and oxygen atoms in total. The molecule has 0 bridgehead atoms. The Morgan fingerprint density at radius 2 is 1.95 bits per heavy atom. The highest BCUT2D eigenvalue weighted by molar-refractivity contribution is 7.97. The highest BCUT2D eigenvalue weighted by atomic mass is 32.2. The standard InChI is InChI=1S/C27H36F3N5O4S/c1-16-12-23(24(38-2)14-19(16)25(36)32-18-8-10-39-11-9-18)34-26-31-15-20(27(28,29)30)22(33-26)13-17-6-5-7-21(17)35-40(3,4)37/h12,14-15,17-18,21H,3,5-11,13H2,1-2,4H3,(H,32,36)(H,35,37)(H,31,33,34)/t17-,21+,40?/m0/s1. The van der Waals surface area contributed by atoms with Crippen LogP contribution in [0.1, 0.15) is 59.3 Å². The zero-order valence-electron chi connectivity index (χ0n) is 22.9. The summed E-state index contributed by atoms with van der Waals surface area (Å²) in [6.45, 7) is 2.96. The molecule has 1 aliphatic carbocycles. The fraction of sp³-hybridized carbons (Fsp3) is 0.556. The van der Waals surface area contributed by atoms with E-state index in [4.69, 9.17) is 9.47 Å². The van der Waals surface area contributed by atoms with Gasteiger partial charge in [-0.2, -0.15) is 13.2 Å². The lowest BCUT2D eigenvalue weighted by molar-refractivity contribution is -0.138. The number of nitrogens with one attached hydrogen (secondary N) is 3. The number of alkyl halides is 3. The van der Waals surface area contributed by atoms with Crippen LogP contribution in [-0.2, 0) is 27.0 Å². The number of benzene rings is 1. The number of hydrogen-bond acceptors (Lipinski definition) is 7. The molecule has 0 spiro atoms. The third kappa shape index (κ3) is 7.64. The Labute approximate surface area is 232 Å². The second-order valence-corrected chi connectivity index (χ2v) is 12.8. The minimum absolute atomic E-state index is 0.0236. The molecule has 220 valence electrons. The fourth-order valence-corrected chi connectivity index (χ4v) is 6.25. The summed E-state index contributed by atoms with van der Waals surface area (Å²) < 4.78 is 67.6. The lowest BCUT2D eigenvalue weighted by Crippen LogP contribution is -2.39. The van der Waals surface area contributed by atoms with E-state index in [2.05, 4.69) is 31.2 Å². The second-order valence-electron chi connectivity index (χ2n) is 10.5. The van der Waals surface area contributed by atoms with Gasteiger partial charge in [-0.05, 0) is 68.5 Å². The van der Waals surface area contributed by atoms with E-state index in [1.165, 1.54) is 13.4 Å². The summed E-state index contributed by atoms with van der Waals surface area (Å²) in [6.07, 6.45) is 1.33. The molecule has 1 aliphatic heterocycles. The molecular formula is C27H36F3N5O4S. The Hall–Kier alpha value is -2.90. The van der Waals surface area contributed by atoms with E-state index in [1.807, 2.05) is 0 Å². The van der Waals surface area contributed by atoms with E-state index in [0.717, 1.165) is 25.5 Å². The molecule has 13 heteroatoms. The molecule has 2 aromatic rings. The number of aromatic nitrogens is 2. The Morgan fingerprint density at radius 3 is 2.60 bits per heavy atom. The van der Waals surface area contributed by atoms with Crippen molar-refractivity contribution in [2.45, 2.75) is 63.7 Å². The third-order valence-electron chi connectivity index (χ3n) is 7.28. The summed E-state index contributed by atoms with van der Waals surface area (Å²) in [5.74, 6) is 3.49.